The van der Waals surface area contributed by atoms with Gasteiger partial charge in [0.1, 0.15) is 0 Å². The molecule has 286 valence electrons. The third-order valence-corrected chi connectivity index (χ3v) is 13.3. The van der Waals surface area contributed by atoms with Gasteiger partial charge >= 0.3 is 0 Å². The maximum Gasteiger partial charge on any atom is 0.0999 e. The molecule has 0 saturated heterocycles. The van der Waals surface area contributed by atoms with E-state index in [-0.39, 0.29) is 22.2 Å². The lowest BCUT2D eigenvalue weighted by Gasteiger charge is -2.41. The molecule has 10 rings (SSSR count). The third-order valence-electron chi connectivity index (χ3n) is 13.3. The van der Waals surface area contributed by atoms with Gasteiger partial charge < -0.3 is 0 Å². The molecule has 8 aromatic rings. The lowest BCUT2D eigenvalue weighted by atomic mass is 9.61. The standard InChI is InChI=1S/C55H51N3/c1-52(2,3)36-23-27-46-41(31-36)42-32-37(53(4,5)6)24-28-47(42)55(46,49-22-13-14-29-56-49)38-25-26-45-43(33-38)50(39-18-9-11-20-44(39)54(45,7)8)34-16-15-17-35(30-34)51-40-19-10-12-21-48(40)57-58-51/h9-33,50H,1-8H3,(H,57,58). The van der Waals surface area contributed by atoms with Gasteiger partial charge in [-0.25, -0.2) is 0 Å². The highest BCUT2D eigenvalue weighted by Gasteiger charge is 2.49. The van der Waals surface area contributed by atoms with Gasteiger partial charge in [0.25, 0.3) is 0 Å². The number of para-hydroxylation sites is 1. The van der Waals surface area contributed by atoms with Crippen LogP contribution in [0.25, 0.3) is 33.3 Å². The quantitative estimate of drug-likeness (QED) is 0.194. The second-order valence-corrected chi connectivity index (χ2v) is 19.2. The van der Waals surface area contributed by atoms with Crippen molar-refractivity contribution >= 4 is 10.9 Å². The zero-order chi connectivity index (χ0) is 40.2. The van der Waals surface area contributed by atoms with E-state index in [0.29, 0.717) is 0 Å². The third kappa shape index (κ3) is 5.32. The van der Waals surface area contributed by atoms with Crippen LogP contribution in [0.4, 0.5) is 0 Å². The van der Waals surface area contributed by atoms with Gasteiger partial charge in [-0.3, -0.25) is 10.1 Å². The normalized spacial score (nSPS) is 16.4. The van der Waals surface area contributed by atoms with Gasteiger partial charge in [-0.15, -0.1) is 0 Å². The average molecular weight is 754 g/mol. The number of fused-ring (bicyclic) bond motifs is 6. The summed E-state index contributed by atoms with van der Waals surface area (Å²) >= 11 is 0. The van der Waals surface area contributed by atoms with E-state index in [1.54, 1.807) is 0 Å². The first kappa shape index (κ1) is 36.3. The SMILES string of the molecule is CC(C)(C)c1ccc2c(c1)-c1cc(C(C)(C)C)ccc1C2(c1ccc2c(c1)C(c1cccc(-c3n[nH]c4ccccc34)c1)c1ccccc1C2(C)C)c1ccccn1. The Hall–Kier alpha value is -6.06. The fraction of sp³-hybridized carbons (Fsp3) is 0.236. The van der Waals surface area contributed by atoms with Gasteiger partial charge in [0.15, 0.2) is 0 Å². The van der Waals surface area contributed by atoms with E-state index in [1.165, 1.54) is 66.8 Å². The first-order chi connectivity index (χ1) is 27.8. The zero-order valence-electron chi connectivity index (χ0n) is 34.9. The molecule has 0 fully saturated rings. The van der Waals surface area contributed by atoms with Crippen LogP contribution in [0.15, 0.2) is 152 Å². The molecule has 0 radical (unpaired) electrons. The molecule has 58 heavy (non-hydrogen) atoms. The lowest BCUT2D eigenvalue weighted by Crippen LogP contribution is -2.33. The molecule has 2 aliphatic rings. The summed E-state index contributed by atoms with van der Waals surface area (Å²) in [6, 6.07) is 54.9. The van der Waals surface area contributed by atoms with Crippen molar-refractivity contribution in [2.45, 2.75) is 83.0 Å². The Kier molecular flexibility index (Phi) is 7.96. The van der Waals surface area contributed by atoms with Crippen LogP contribution < -0.4 is 0 Å². The Bertz CT molecular complexity index is 2830. The highest BCUT2D eigenvalue weighted by molar-refractivity contribution is 5.93. The summed E-state index contributed by atoms with van der Waals surface area (Å²) in [6.45, 7) is 18.7. The molecule has 2 aromatic heterocycles. The second-order valence-electron chi connectivity index (χ2n) is 19.2. The van der Waals surface area contributed by atoms with Crippen LogP contribution in [0.2, 0.25) is 0 Å². The Balaban J connectivity index is 1.26. The topological polar surface area (TPSA) is 41.6 Å². The highest BCUT2D eigenvalue weighted by atomic mass is 15.1. The molecule has 6 aromatic carbocycles. The summed E-state index contributed by atoms with van der Waals surface area (Å²) in [4.78, 5) is 5.26. The molecular formula is C55H51N3. The van der Waals surface area contributed by atoms with E-state index in [0.717, 1.165) is 27.9 Å². The largest absolute Gasteiger partial charge is 0.277 e. The number of pyridine rings is 1. The van der Waals surface area contributed by atoms with Crippen LogP contribution in [0.3, 0.4) is 0 Å². The Morgan fingerprint density at radius 3 is 1.88 bits per heavy atom. The van der Waals surface area contributed by atoms with Crippen LogP contribution in [-0.4, -0.2) is 15.2 Å². The van der Waals surface area contributed by atoms with Gasteiger partial charge in [0.05, 0.1) is 22.3 Å². The number of aromatic nitrogens is 3. The predicted octanol–water partition coefficient (Wildman–Crippen LogP) is 13.4. The number of rotatable bonds is 4. The van der Waals surface area contributed by atoms with E-state index < -0.39 is 5.41 Å². The van der Waals surface area contributed by atoms with E-state index in [4.69, 9.17) is 10.1 Å². The van der Waals surface area contributed by atoms with Crippen molar-refractivity contribution < 1.29 is 0 Å². The van der Waals surface area contributed by atoms with Gasteiger partial charge in [-0.1, -0.05) is 177 Å². The van der Waals surface area contributed by atoms with E-state index >= 15 is 0 Å². The number of hydrogen-bond acceptors (Lipinski definition) is 2. The number of nitrogens with one attached hydrogen (secondary N) is 1. The summed E-state index contributed by atoms with van der Waals surface area (Å²) in [5, 5.41) is 9.23. The molecule has 1 atom stereocenters. The summed E-state index contributed by atoms with van der Waals surface area (Å²) < 4.78 is 0. The van der Waals surface area contributed by atoms with Crippen LogP contribution in [0.5, 0.6) is 0 Å². The molecule has 3 heteroatoms. The number of aromatic amines is 1. The highest BCUT2D eigenvalue weighted by Crippen LogP contribution is 2.58. The van der Waals surface area contributed by atoms with Gasteiger partial charge in [0.2, 0.25) is 0 Å². The van der Waals surface area contributed by atoms with E-state index in [1.807, 2.05) is 12.3 Å². The fourth-order valence-corrected chi connectivity index (χ4v) is 10.2. The number of hydrogen-bond donors (Lipinski definition) is 1. The minimum atomic E-state index is -0.630. The summed E-state index contributed by atoms with van der Waals surface area (Å²) in [5.74, 6) is 0.0111. The van der Waals surface area contributed by atoms with Crippen LogP contribution in [-0.2, 0) is 21.7 Å². The average Bonchev–Trinajstić information content (AvgIpc) is 3.78. The first-order valence-electron chi connectivity index (χ1n) is 20.8. The molecule has 2 heterocycles. The number of H-pyrrole nitrogens is 1. The molecule has 0 bridgehead atoms. The Labute approximate surface area is 343 Å². The second kappa shape index (κ2) is 12.7. The minimum absolute atomic E-state index is 0.00182. The summed E-state index contributed by atoms with van der Waals surface area (Å²) in [5.41, 5.74) is 19.1. The zero-order valence-corrected chi connectivity index (χ0v) is 34.9. The molecule has 1 unspecified atom stereocenters. The van der Waals surface area contributed by atoms with Gasteiger partial charge in [-0.05, 0) is 102 Å². The maximum atomic E-state index is 5.26. The smallest absolute Gasteiger partial charge is 0.0999 e. The Morgan fingerprint density at radius 2 is 1.19 bits per heavy atom. The molecule has 3 nitrogen and oxygen atoms in total. The first-order valence-corrected chi connectivity index (χ1v) is 20.8. The molecule has 1 N–H and O–H groups in total. The van der Waals surface area contributed by atoms with Crippen molar-refractivity contribution in [1.82, 2.24) is 15.2 Å². The van der Waals surface area contributed by atoms with E-state index in [2.05, 4.69) is 200 Å². The molecule has 0 saturated carbocycles. The summed E-state index contributed by atoms with van der Waals surface area (Å²) in [7, 11) is 0. The summed E-state index contributed by atoms with van der Waals surface area (Å²) in [6.07, 6.45) is 1.96. The molecule has 0 spiro atoms. The van der Waals surface area contributed by atoms with Crippen molar-refractivity contribution in [3.05, 3.63) is 213 Å². The Morgan fingerprint density at radius 1 is 0.552 bits per heavy atom. The van der Waals surface area contributed by atoms with Crippen LogP contribution in [0.1, 0.15) is 123 Å². The van der Waals surface area contributed by atoms with Crippen LogP contribution in [0, 0.1) is 0 Å². The van der Waals surface area contributed by atoms with Crippen molar-refractivity contribution in [2.75, 3.05) is 0 Å². The lowest BCUT2D eigenvalue weighted by molar-refractivity contribution is 0.589. The van der Waals surface area contributed by atoms with E-state index in [9.17, 15) is 0 Å². The number of benzene rings is 6. The molecule has 0 aliphatic heterocycles. The van der Waals surface area contributed by atoms with Gasteiger partial charge in [-0.2, -0.15) is 5.10 Å². The van der Waals surface area contributed by atoms with Gasteiger partial charge in [0, 0.05) is 28.5 Å². The monoisotopic (exact) mass is 753 g/mol. The van der Waals surface area contributed by atoms with Crippen LogP contribution >= 0.6 is 0 Å². The number of nitrogens with zero attached hydrogens (tertiary/aromatic N) is 2. The van der Waals surface area contributed by atoms with Crippen molar-refractivity contribution in [2.24, 2.45) is 0 Å². The van der Waals surface area contributed by atoms with Crippen molar-refractivity contribution in [3.8, 4) is 22.4 Å². The maximum absolute atomic E-state index is 5.26. The minimum Gasteiger partial charge on any atom is -0.277 e. The van der Waals surface area contributed by atoms with Crippen molar-refractivity contribution in [3.63, 3.8) is 0 Å². The predicted molar refractivity (Wildman–Crippen MR) is 240 cm³/mol. The molecular weight excluding hydrogens is 703 g/mol. The fourth-order valence-electron chi connectivity index (χ4n) is 10.2. The molecule has 0 amide bonds. The molecule has 2 aliphatic carbocycles. The van der Waals surface area contributed by atoms with Crippen molar-refractivity contribution in [1.29, 1.82) is 0 Å².